The van der Waals surface area contributed by atoms with Crippen molar-refractivity contribution in [3.63, 3.8) is 0 Å². The highest BCUT2D eigenvalue weighted by molar-refractivity contribution is 9.10. The molecule has 15 heavy (non-hydrogen) atoms. The third-order valence-corrected chi connectivity index (χ3v) is 3.36. The van der Waals surface area contributed by atoms with E-state index in [0.29, 0.717) is 0 Å². The summed E-state index contributed by atoms with van der Waals surface area (Å²) in [5.41, 5.74) is 0. The Labute approximate surface area is 98.8 Å². The van der Waals surface area contributed by atoms with E-state index in [1.54, 1.807) is 6.33 Å². The number of nitrogens with zero attached hydrogens (tertiary/aromatic N) is 2. The van der Waals surface area contributed by atoms with Gasteiger partial charge in [0, 0.05) is 12.6 Å². The number of nitrogens with one attached hydrogen (secondary N) is 1. The van der Waals surface area contributed by atoms with Crippen molar-refractivity contribution in [3.8, 4) is 0 Å². The van der Waals surface area contributed by atoms with Crippen LogP contribution in [0, 0.1) is 5.92 Å². The van der Waals surface area contributed by atoms with E-state index >= 15 is 0 Å². The maximum Gasteiger partial charge on any atom is 0.130 e. The summed E-state index contributed by atoms with van der Waals surface area (Å²) >= 11 is 3.34. The molecule has 1 aromatic rings. The Morgan fingerprint density at radius 1 is 1.27 bits per heavy atom. The highest BCUT2D eigenvalue weighted by Crippen LogP contribution is 2.23. The number of hydrogen-bond acceptors (Lipinski definition) is 3. The van der Waals surface area contributed by atoms with Crippen LogP contribution >= 0.6 is 15.9 Å². The molecule has 0 atom stereocenters. The zero-order valence-corrected chi connectivity index (χ0v) is 10.3. The Morgan fingerprint density at radius 2 is 2.07 bits per heavy atom. The van der Waals surface area contributed by atoms with E-state index in [1.807, 2.05) is 6.07 Å². The van der Waals surface area contributed by atoms with E-state index in [0.717, 1.165) is 22.9 Å². The van der Waals surface area contributed by atoms with E-state index in [1.165, 1.54) is 32.1 Å². The van der Waals surface area contributed by atoms with Gasteiger partial charge in [-0.15, -0.1) is 0 Å². The van der Waals surface area contributed by atoms with Gasteiger partial charge in [-0.3, -0.25) is 0 Å². The van der Waals surface area contributed by atoms with Gasteiger partial charge in [-0.25, -0.2) is 9.97 Å². The van der Waals surface area contributed by atoms with Crippen LogP contribution in [0.5, 0.6) is 0 Å². The van der Waals surface area contributed by atoms with Gasteiger partial charge < -0.3 is 5.32 Å². The van der Waals surface area contributed by atoms with Gasteiger partial charge >= 0.3 is 0 Å². The van der Waals surface area contributed by atoms with Gasteiger partial charge in [0.2, 0.25) is 0 Å². The van der Waals surface area contributed by atoms with Crippen LogP contribution in [0.25, 0.3) is 0 Å². The quantitative estimate of drug-likeness (QED) is 0.857. The SMILES string of the molecule is Brc1cc(NCC2CCCCC2)ncn1. The van der Waals surface area contributed by atoms with E-state index in [9.17, 15) is 0 Å². The molecule has 3 nitrogen and oxygen atoms in total. The fraction of sp³-hybridized carbons (Fsp3) is 0.636. The molecule has 1 heterocycles. The molecule has 2 rings (SSSR count). The molecule has 0 radical (unpaired) electrons. The minimum absolute atomic E-state index is 0.826. The van der Waals surface area contributed by atoms with E-state index in [2.05, 4.69) is 31.2 Å². The van der Waals surface area contributed by atoms with Gasteiger partial charge in [0.1, 0.15) is 16.7 Å². The summed E-state index contributed by atoms with van der Waals surface area (Å²) in [6.45, 7) is 1.05. The van der Waals surface area contributed by atoms with Crippen molar-refractivity contribution in [1.29, 1.82) is 0 Å². The first-order chi connectivity index (χ1) is 7.34. The van der Waals surface area contributed by atoms with Crippen molar-refractivity contribution in [1.82, 2.24) is 9.97 Å². The summed E-state index contributed by atoms with van der Waals surface area (Å²) in [6.07, 6.45) is 8.49. The van der Waals surface area contributed by atoms with Crippen LogP contribution in [0.1, 0.15) is 32.1 Å². The Morgan fingerprint density at radius 3 is 2.80 bits per heavy atom. The fourth-order valence-corrected chi connectivity index (χ4v) is 2.38. The van der Waals surface area contributed by atoms with E-state index in [-0.39, 0.29) is 0 Å². The second-order valence-electron chi connectivity index (χ2n) is 4.11. The van der Waals surface area contributed by atoms with Crippen molar-refractivity contribution in [2.24, 2.45) is 5.92 Å². The molecular formula is C11H16BrN3. The van der Waals surface area contributed by atoms with Crippen molar-refractivity contribution >= 4 is 21.7 Å². The van der Waals surface area contributed by atoms with Crippen molar-refractivity contribution < 1.29 is 0 Å². The van der Waals surface area contributed by atoms with Gasteiger partial charge in [0.25, 0.3) is 0 Å². The Balaban J connectivity index is 1.81. The predicted molar refractivity (Wildman–Crippen MR) is 64.8 cm³/mol. The number of anilines is 1. The average molecular weight is 270 g/mol. The molecule has 1 fully saturated rings. The van der Waals surface area contributed by atoms with Gasteiger partial charge in [-0.2, -0.15) is 0 Å². The fourth-order valence-electron chi connectivity index (χ4n) is 2.07. The Bertz CT molecular complexity index is 310. The molecule has 1 saturated carbocycles. The van der Waals surface area contributed by atoms with Crippen LogP contribution in [-0.4, -0.2) is 16.5 Å². The number of aromatic nitrogens is 2. The Kier molecular flexibility index (Phi) is 3.94. The molecule has 0 aromatic carbocycles. The van der Waals surface area contributed by atoms with E-state index in [4.69, 9.17) is 0 Å². The third-order valence-electron chi connectivity index (χ3n) is 2.93. The minimum Gasteiger partial charge on any atom is -0.370 e. The van der Waals surface area contributed by atoms with Gasteiger partial charge in [0.05, 0.1) is 0 Å². The second-order valence-corrected chi connectivity index (χ2v) is 4.92. The number of rotatable bonds is 3. The molecule has 0 bridgehead atoms. The molecule has 0 spiro atoms. The first-order valence-corrected chi connectivity index (χ1v) is 6.35. The molecule has 0 aliphatic heterocycles. The summed E-state index contributed by atoms with van der Waals surface area (Å²) in [4.78, 5) is 8.17. The summed E-state index contributed by atoms with van der Waals surface area (Å²) in [7, 11) is 0. The number of hydrogen-bond donors (Lipinski definition) is 1. The monoisotopic (exact) mass is 269 g/mol. The Hall–Kier alpha value is -0.640. The van der Waals surface area contributed by atoms with Crippen LogP contribution in [0.3, 0.4) is 0 Å². The highest BCUT2D eigenvalue weighted by Gasteiger charge is 2.12. The zero-order valence-electron chi connectivity index (χ0n) is 8.75. The molecule has 1 aromatic heterocycles. The zero-order chi connectivity index (χ0) is 10.5. The maximum atomic E-state index is 4.17. The topological polar surface area (TPSA) is 37.8 Å². The lowest BCUT2D eigenvalue weighted by Crippen LogP contribution is -2.17. The maximum absolute atomic E-state index is 4.17. The van der Waals surface area contributed by atoms with Crippen molar-refractivity contribution in [3.05, 3.63) is 17.0 Å². The van der Waals surface area contributed by atoms with Crippen molar-refractivity contribution in [2.75, 3.05) is 11.9 Å². The average Bonchev–Trinajstić information content (AvgIpc) is 2.28. The van der Waals surface area contributed by atoms with E-state index < -0.39 is 0 Å². The van der Waals surface area contributed by atoms with Crippen molar-refractivity contribution in [2.45, 2.75) is 32.1 Å². The lowest BCUT2D eigenvalue weighted by Gasteiger charge is -2.21. The first-order valence-electron chi connectivity index (χ1n) is 5.56. The molecular weight excluding hydrogens is 254 g/mol. The normalized spacial score (nSPS) is 17.7. The smallest absolute Gasteiger partial charge is 0.130 e. The summed E-state index contributed by atoms with van der Waals surface area (Å²) in [5, 5.41) is 3.37. The second kappa shape index (κ2) is 5.45. The third kappa shape index (κ3) is 3.45. The standard InChI is InChI=1S/C11H16BrN3/c12-10-6-11(15-8-14-10)13-7-9-4-2-1-3-5-9/h6,8-9H,1-5,7H2,(H,13,14,15). The molecule has 0 saturated heterocycles. The van der Waals surface area contributed by atoms with Crippen LogP contribution in [0.4, 0.5) is 5.82 Å². The van der Waals surface area contributed by atoms with Crippen LogP contribution in [-0.2, 0) is 0 Å². The van der Waals surface area contributed by atoms with Gasteiger partial charge in [0.15, 0.2) is 0 Å². The lowest BCUT2D eigenvalue weighted by molar-refractivity contribution is 0.373. The molecule has 1 aliphatic rings. The first kappa shape index (κ1) is 10.9. The summed E-state index contributed by atoms with van der Waals surface area (Å²) in [5.74, 6) is 1.75. The predicted octanol–water partition coefficient (Wildman–Crippen LogP) is 3.23. The minimum atomic E-state index is 0.826. The van der Waals surface area contributed by atoms with Gasteiger partial charge in [-0.05, 0) is 34.7 Å². The summed E-state index contributed by atoms with van der Waals surface area (Å²) in [6, 6.07) is 1.92. The van der Waals surface area contributed by atoms with Crippen LogP contribution in [0.15, 0.2) is 17.0 Å². The molecule has 1 N–H and O–H groups in total. The largest absolute Gasteiger partial charge is 0.370 e. The van der Waals surface area contributed by atoms with Gasteiger partial charge in [-0.1, -0.05) is 19.3 Å². The molecule has 0 unspecified atom stereocenters. The molecule has 82 valence electrons. The highest BCUT2D eigenvalue weighted by atomic mass is 79.9. The lowest BCUT2D eigenvalue weighted by atomic mass is 9.89. The summed E-state index contributed by atoms with van der Waals surface area (Å²) < 4.78 is 0.837. The van der Waals surface area contributed by atoms with Crippen LogP contribution < -0.4 is 5.32 Å². The molecule has 4 heteroatoms. The number of halogens is 1. The molecule has 0 amide bonds. The van der Waals surface area contributed by atoms with Crippen LogP contribution in [0.2, 0.25) is 0 Å². The molecule has 1 aliphatic carbocycles.